The number of anilines is 1. The Kier molecular flexibility index (Phi) is 3.34. The molecule has 1 saturated carbocycles. The minimum absolute atomic E-state index is 0.253. The summed E-state index contributed by atoms with van der Waals surface area (Å²) in [7, 11) is 0. The van der Waals surface area contributed by atoms with E-state index in [9.17, 15) is 0 Å². The second-order valence-electron chi connectivity index (χ2n) is 6.88. The van der Waals surface area contributed by atoms with E-state index >= 15 is 0 Å². The van der Waals surface area contributed by atoms with Crippen molar-refractivity contribution in [3.05, 3.63) is 10.6 Å². The van der Waals surface area contributed by atoms with Crippen molar-refractivity contribution in [3.8, 4) is 0 Å². The Labute approximate surface area is 120 Å². The van der Waals surface area contributed by atoms with E-state index in [1.807, 2.05) is 11.3 Å². The largest absolute Gasteiger partial charge is 0.348 e. The first-order valence-corrected chi connectivity index (χ1v) is 8.32. The van der Waals surface area contributed by atoms with Crippen LogP contribution in [0.3, 0.4) is 0 Å². The monoisotopic (exact) mass is 279 g/mol. The zero-order valence-corrected chi connectivity index (χ0v) is 13.1. The highest BCUT2D eigenvalue weighted by Gasteiger charge is 2.35. The molecule has 1 aromatic rings. The molecule has 19 heavy (non-hydrogen) atoms. The van der Waals surface area contributed by atoms with Gasteiger partial charge in [-0.05, 0) is 45.4 Å². The predicted molar refractivity (Wildman–Crippen MR) is 81.9 cm³/mol. The van der Waals surface area contributed by atoms with Gasteiger partial charge in [0.25, 0.3) is 0 Å². The van der Waals surface area contributed by atoms with Crippen LogP contribution in [0.2, 0.25) is 0 Å². The fourth-order valence-corrected chi connectivity index (χ4v) is 3.97. The Bertz CT molecular complexity index is 448. The van der Waals surface area contributed by atoms with Gasteiger partial charge in [-0.25, -0.2) is 4.98 Å². The molecule has 0 atom stereocenters. The van der Waals surface area contributed by atoms with Crippen molar-refractivity contribution in [2.24, 2.45) is 11.7 Å². The van der Waals surface area contributed by atoms with Crippen molar-refractivity contribution in [2.75, 3.05) is 18.0 Å². The molecule has 0 aromatic carbocycles. The molecule has 3 rings (SSSR count). The maximum atomic E-state index is 6.34. The molecule has 4 heteroatoms. The first-order chi connectivity index (χ1) is 8.95. The molecule has 2 N–H and O–H groups in total. The molecule has 1 aliphatic heterocycles. The van der Waals surface area contributed by atoms with E-state index in [-0.39, 0.29) is 5.54 Å². The summed E-state index contributed by atoms with van der Waals surface area (Å²) in [6, 6.07) is 0. The minimum atomic E-state index is -0.253. The first kappa shape index (κ1) is 13.4. The van der Waals surface area contributed by atoms with E-state index in [2.05, 4.69) is 25.7 Å². The number of aromatic nitrogens is 1. The number of thiazole rings is 1. The normalized spacial score (nSPS) is 22.0. The van der Waals surface area contributed by atoms with Gasteiger partial charge in [0.2, 0.25) is 0 Å². The Hall–Kier alpha value is -0.610. The number of piperidine rings is 1. The molecule has 2 aliphatic rings. The molecule has 0 radical (unpaired) electrons. The highest BCUT2D eigenvalue weighted by molar-refractivity contribution is 7.15. The molecule has 1 aliphatic carbocycles. The molecule has 2 heterocycles. The zero-order chi connectivity index (χ0) is 13.6. The van der Waals surface area contributed by atoms with Gasteiger partial charge < -0.3 is 10.6 Å². The number of nitrogens with zero attached hydrogens (tertiary/aromatic N) is 2. The molecular formula is C15H25N3S. The van der Waals surface area contributed by atoms with Gasteiger partial charge in [-0.15, -0.1) is 0 Å². The van der Waals surface area contributed by atoms with E-state index < -0.39 is 0 Å². The van der Waals surface area contributed by atoms with Crippen LogP contribution in [0, 0.1) is 5.92 Å². The van der Waals surface area contributed by atoms with Crippen LogP contribution in [0.4, 0.5) is 5.13 Å². The number of nitrogens with two attached hydrogens (primary N) is 1. The summed E-state index contributed by atoms with van der Waals surface area (Å²) in [5, 5.41) is 1.21. The third kappa shape index (κ3) is 2.79. The zero-order valence-electron chi connectivity index (χ0n) is 12.3. The van der Waals surface area contributed by atoms with Crippen LogP contribution < -0.4 is 10.6 Å². The van der Waals surface area contributed by atoms with E-state index in [1.165, 1.54) is 41.4 Å². The molecule has 106 valence electrons. The van der Waals surface area contributed by atoms with Gasteiger partial charge in [-0.2, -0.15) is 0 Å². The molecule has 0 amide bonds. The predicted octanol–water partition coefficient (Wildman–Crippen LogP) is 3.45. The lowest BCUT2D eigenvalue weighted by Gasteiger charge is -2.29. The molecular weight excluding hydrogens is 254 g/mol. The van der Waals surface area contributed by atoms with Crippen molar-refractivity contribution >= 4 is 16.5 Å². The third-order valence-electron chi connectivity index (χ3n) is 4.25. The minimum Gasteiger partial charge on any atom is -0.348 e. The summed E-state index contributed by atoms with van der Waals surface area (Å²) in [6.45, 7) is 8.87. The first-order valence-electron chi connectivity index (χ1n) is 7.50. The van der Waals surface area contributed by atoms with Gasteiger partial charge in [0.1, 0.15) is 0 Å². The van der Waals surface area contributed by atoms with E-state index in [4.69, 9.17) is 10.7 Å². The maximum Gasteiger partial charge on any atom is 0.185 e. The maximum absolute atomic E-state index is 6.34. The van der Waals surface area contributed by atoms with Crippen molar-refractivity contribution in [1.82, 2.24) is 4.98 Å². The summed E-state index contributed by atoms with van der Waals surface area (Å²) in [4.78, 5) is 8.72. The van der Waals surface area contributed by atoms with Gasteiger partial charge in [-0.3, -0.25) is 0 Å². The van der Waals surface area contributed by atoms with Crippen LogP contribution in [-0.2, 0) is 5.54 Å². The van der Waals surface area contributed by atoms with Crippen LogP contribution in [0.5, 0.6) is 0 Å². The molecule has 0 bridgehead atoms. The Morgan fingerprint density at radius 2 is 1.84 bits per heavy atom. The van der Waals surface area contributed by atoms with Crippen molar-refractivity contribution in [2.45, 2.75) is 57.9 Å². The Morgan fingerprint density at radius 1 is 1.21 bits per heavy atom. The summed E-state index contributed by atoms with van der Waals surface area (Å²) in [5.74, 6) is 1.55. The van der Waals surface area contributed by atoms with Gasteiger partial charge in [0.15, 0.2) is 5.13 Å². The average molecular weight is 279 g/mol. The van der Waals surface area contributed by atoms with Crippen LogP contribution in [0.25, 0.3) is 0 Å². The molecule has 2 fully saturated rings. The van der Waals surface area contributed by atoms with Crippen molar-refractivity contribution in [3.63, 3.8) is 0 Å². The highest BCUT2D eigenvalue weighted by atomic mass is 32.1. The molecule has 0 spiro atoms. The SMILES string of the molecule is CC1CCN(c2nc(C3CC3)c(C(C)(C)N)s2)CC1. The molecule has 3 nitrogen and oxygen atoms in total. The third-order valence-corrected chi connectivity index (χ3v) is 5.72. The summed E-state index contributed by atoms with van der Waals surface area (Å²) < 4.78 is 0. The van der Waals surface area contributed by atoms with Crippen LogP contribution in [-0.4, -0.2) is 18.1 Å². The van der Waals surface area contributed by atoms with E-state index in [0.717, 1.165) is 19.0 Å². The summed E-state index contributed by atoms with van der Waals surface area (Å²) >= 11 is 1.83. The average Bonchev–Trinajstić information content (AvgIpc) is 3.08. The highest BCUT2D eigenvalue weighted by Crippen LogP contribution is 2.46. The number of rotatable bonds is 3. The van der Waals surface area contributed by atoms with Crippen LogP contribution in [0.15, 0.2) is 0 Å². The number of hydrogen-bond acceptors (Lipinski definition) is 4. The van der Waals surface area contributed by atoms with Crippen molar-refractivity contribution in [1.29, 1.82) is 0 Å². The molecule has 1 saturated heterocycles. The fourth-order valence-electron chi connectivity index (χ4n) is 2.75. The standard InChI is InChI=1S/C15H25N3S/c1-10-6-8-18(9-7-10)14-17-12(11-4-5-11)13(19-14)15(2,3)16/h10-11H,4-9,16H2,1-3H3. The van der Waals surface area contributed by atoms with Crippen molar-refractivity contribution < 1.29 is 0 Å². The lowest BCUT2D eigenvalue weighted by atomic mass is 10.00. The summed E-state index contributed by atoms with van der Waals surface area (Å²) in [5.41, 5.74) is 7.38. The van der Waals surface area contributed by atoms with Gasteiger partial charge in [0.05, 0.1) is 5.69 Å². The topological polar surface area (TPSA) is 42.2 Å². The summed E-state index contributed by atoms with van der Waals surface area (Å²) in [6.07, 6.45) is 5.17. The molecule has 0 unspecified atom stereocenters. The van der Waals surface area contributed by atoms with Gasteiger partial charge in [-0.1, -0.05) is 18.3 Å². The quantitative estimate of drug-likeness (QED) is 0.921. The number of hydrogen-bond donors (Lipinski definition) is 1. The Morgan fingerprint density at radius 3 is 2.37 bits per heavy atom. The second kappa shape index (κ2) is 4.74. The van der Waals surface area contributed by atoms with E-state index in [1.54, 1.807) is 0 Å². The van der Waals surface area contributed by atoms with Crippen LogP contribution in [0.1, 0.15) is 62.9 Å². The van der Waals surface area contributed by atoms with E-state index in [0.29, 0.717) is 5.92 Å². The van der Waals surface area contributed by atoms with Crippen LogP contribution >= 0.6 is 11.3 Å². The van der Waals surface area contributed by atoms with Gasteiger partial charge in [0, 0.05) is 29.4 Å². The second-order valence-corrected chi connectivity index (χ2v) is 7.85. The smallest absolute Gasteiger partial charge is 0.185 e. The fraction of sp³-hybridized carbons (Fsp3) is 0.800. The van der Waals surface area contributed by atoms with Gasteiger partial charge >= 0.3 is 0 Å². The lowest BCUT2D eigenvalue weighted by molar-refractivity contribution is 0.438. The molecule has 1 aromatic heterocycles. The lowest BCUT2D eigenvalue weighted by Crippen LogP contribution is -2.32. The Balaban J connectivity index is 1.86.